The number of quaternary nitrogens is 1. The molecule has 3 aromatic rings. The molecule has 3 aromatic carbocycles. The molecule has 2 amide bonds. The number of primary amides is 1. The molecular formula is C23H24N3O2+. The molecule has 0 saturated heterocycles. The van der Waals surface area contributed by atoms with Crippen LogP contribution in [0.25, 0.3) is 0 Å². The Labute approximate surface area is 164 Å². The second-order valence-corrected chi connectivity index (χ2v) is 6.73. The van der Waals surface area contributed by atoms with Crippen LogP contribution in [0.2, 0.25) is 0 Å². The van der Waals surface area contributed by atoms with E-state index in [1.807, 2.05) is 23.5 Å². The van der Waals surface area contributed by atoms with Crippen LogP contribution in [0.3, 0.4) is 0 Å². The molecule has 0 spiro atoms. The van der Waals surface area contributed by atoms with E-state index in [1.54, 1.807) is 24.3 Å². The zero-order valence-electron chi connectivity index (χ0n) is 15.8. The molecule has 0 radical (unpaired) electrons. The van der Waals surface area contributed by atoms with Crippen molar-refractivity contribution < 1.29 is 14.9 Å². The number of carbonyl (C=O) groups excluding carboxylic acids is 2. The van der Waals surface area contributed by atoms with Gasteiger partial charge in [-0.25, -0.2) is 0 Å². The zero-order valence-corrected chi connectivity index (χ0v) is 15.8. The van der Waals surface area contributed by atoms with Crippen molar-refractivity contribution in [2.45, 2.75) is 13.0 Å². The molecule has 0 unspecified atom stereocenters. The van der Waals surface area contributed by atoms with E-state index in [4.69, 9.17) is 5.73 Å². The van der Waals surface area contributed by atoms with Crippen LogP contribution < -0.4 is 16.4 Å². The summed E-state index contributed by atoms with van der Waals surface area (Å²) in [6.07, 6.45) is 0. The molecule has 0 fully saturated rings. The summed E-state index contributed by atoms with van der Waals surface area (Å²) in [4.78, 5) is 23.6. The van der Waals surface area contributed by atoms with Crippen LogP contribution in [0.1, 0.15) is 33.1 Å². The van der Waals surface area contributed by atoms with Gasteiger partial charge in [-0.1, -0.05) is 60.2 Å². The van der Waals surface area contributed by atoms with Gasteiger partial charge in [-0.15, -0.1) is 0 Å². The molecule has 0 saturated carbocycles. The van der Waals surface area contributed by atoms with Crippen molar-refractivity contribution in [2.75, 3.05) is 11.9 Å². The fourth-order valence-corrected chi connectivity index (χ4v) is 3.05. The highest BCUT2D eigenvalue weighted by Gasteiger charge is 2.19. The van der Waals surface area contributed by atoms with Gasteiger partial charge in [0.05, 0.1) is 0 Å². The van der Waals surface area contributed by atoms with Gasteiger partial charge < -0.3 is 16.4 Å². The Morgan fingerprint density at radius 1 is 0.893 bits per heavy atom. The number of benzene rings is 3. The predicted molar refractivity (Wildman–Crippen MR) is 110 cm³/mol. The SMILES string of the molecule is Cc1ccc([C@H]([NH2+]CC(=O)Nc2ccc(C(N)=O)cc2)c2ccccc2)cc1. The Bertz CT molecular complexity index is 936. The van der Waals surface area contributed by atoms with Gasteiger partial charge in [0.1, 0.15) is 6.04 Å². The molecule has 3 rings (SSSR count). The normalized spacial score (nSPS) is 11.6. The lowest BCUT2D eigenvalue weighted by molar-refractivity contribution is -0.676. The van der Waals surface area contributed by atoms with Crippen LogP contribution in [0.5, 0.6) is 0 Å². The minimum atomic E-state index is -0.491. The number of amides is 2. The maximum atomic E-state index is 12.4. The minimum Gasteiger partial charge on any atom is -0.366 e. The van der Waals surface area contributed by atoms with Crippen molar-refractivity contribution in [3.05, 3.63) is 101 Å². The summed E-state index contributed by atoms with van der Waals surface area (Å²) < 4.78 is 0. The maximum Gasteiger partial charge on any atom is 0.279 e. The number of nitrogens with two attached hydrogens (primary N) is 2. The monoisotopic (exact) mass is 374 g/mol. The quantitative estimate of drug-likeness (QED) is 0.593. The van der Waals surface area contributed by atoms with Gasteiger partial charge in [-0.05, 0) is 31.2 Å². The van der Waals surface area contributed by atoms with Gasteiger partial charge in [-0.2, -0.15) is 0 Å². The first kappa shape index (κ1) is 19.3. The third kappa shape index (κ3) is 5.05. The van der Waals surface area contributed by atoms with Crippen LogP contribution in [-0.2, 0) is 4.79 Å². The highest BCUT2D eigenvalue weighted by atomic mass is 16.2. The molecule has 1 atom stereocenters. The van der Waals surface area contributed by atoms with Crippen molar-refractivity contribution in [1.29, 1.82) is 0 Å². The molecule has 28 heavy (non-hydrogen) atoms. The highest BCUT2D eigenvalue weighted by Crippen LogP contribution is 2.18. The fourth-order valence-electron chi connectivity index (χ4n) is 3.05. The molecule has 0 aliphatic rings. The standard InChI is InChI=1S/C23H23N3O2/c1-16-7-9-18(10-8-16)22(17-5-3-2-4-6-17)25-15-21(27)26-20-13-11-19(12-14-20)23(24)28/h2-14,22,25H,15H2,1H3,(H2,24,28)(H,26,27)/p+1/t22-/m1/s1. The van der Waals surface area contributed by atoms with Crippen molar-refractivity contribution in [2.24, 2.45) is 5.73 Å². The number of rotatable bonds is 7. The van der Waals surface area contributed by atoms with Crippen LogP contribution in [0.4, 0.5) is 5.69 Å². The summed E-state index contributed by atoms with van der Waals surface area (Å²) >= 11 is 0. The van der Waals surface area contributed by atoms with Crippen LogP contribution in [-0.4, -0.2) is 18.4 Å². The topological polar surface area (TPSA) is 88.8 Å². The lowest BCUT2D eigenvalue weighted by Crippen LogP contribution is -2.87. The lowest BCUT2D eigenvalue weighted by Gasteiger charge is -2.17. The third-order valence-electron chi connectivity index (χ3n) is 4.59. The van der Waals surface area contributed by atoms with Crippen LogP contribution in [0, 0.1) is 6.92 Å². The van der Waals surface area contributed by atoms with Gasteiger partial charge in [0.25, 0.3) is 5.91 Å². The van der Waals surface area contributed by atoms with E-state index in [9.17, 15) is 9.59 Å². The number of hydrogen-bond acceptors (Lipinski definition) is 2. The maximum absolute atomic E-state index is 12.4. The molecular weight excluding hydrogens is 350 g/mol. The second-order valence-electron chi connectivity index (χ2n) is 6.73. The van der Waals surface area contributed by atoms with Crippen molar-refractivity contribution in [3.8, 4) is 0 Å². The predicted octanol–water partition coefficient (Wildman–Crippen LogP) is 2.39. The Morgan fingerprint density at radius 2 is 1.50 bits per heavy atom. The summed E-state index contributed by atoms with van der Waals surface area (Å²) in [6, 6.07) is 25.1. The molecule has 5 N–H and O–H groups in total. The second kappa shape index (κ2) is 8.97. The molecule has 0 heterocycles. The van der Waals surface area contributed by atoms with Crippen molar-refractivity contribution in [1.82, 2.24) is 0 Å². The summed E-state index contributed by atoms with van der Waals surface area (Å²) in [6.45, 7) is 2.33. The Balaban J connectivity index is 1.68. The van der Waals surface area contributed by atoms with Gasteiger partial charge in [-0.3, -0.25) is 9.59 Å². The van der Waals surface area contributed by atoms with Gasteiger partial charge >= 0.3 is 0 Å². The molecule has 0 aliphatic carbocycles. The average Bonchev–Trinajstić information content (AvgIpc) is 2.70. The number of nitrogens with one attached hydrogen (secondary N) is 1. The third-order valence-corrected chi connectivity index (χ3v) is 4.59. The fraction of sp³-hybridized carbons (Fsp3) is 0.130. The van der Waals surface area contributed by atoms with Gasteiger partial charge in [0.2, 0.25) is 5.91 Å². The molecule has 0 aromatic heterocycles. The highest BCUT2D eigenvalue weighted by molar-refractivity contribution is 5.95. The first-order chi connectivity index (χ1) is 13.5. The number of anilines is 1. The van der Waals surface area contributed by atoms with Gasteiger partial charge in [0, 0.05) is 22.4 Å². The number of hydrogen-bond donors (Lipinski definition) is 3. The van der Waals surface area contributed by atoms with E-state index in [0.29, 0.717) is 11.3 Å². The first-order valence-electron chi connectivity index (χ1n) is 9.17. The van der Waals surface area contributed by atoms with E-state index in [1.165, 1.54) is 5.56 Å². The lowest BCUT2D eigenvalue weighted by atomic mass is 9.98. The summed E-state index contributed by atoms with van der Waals surface area (Å²) in [5.41, 5.74) is 9.77. The van der Waals surface area contributed by atoms with E-state index < -0.39 is 5.91 Å². The molecule has 5 nitrogen and oxygen atoms in total. The summed E-state index contributed by atoms with van der Waals surface area (Å²) in [5, 5.41) is 4.87. The molecule has 142 valence electrons. The number of aryl methyl sites for hydroxylation is 1. The van der Waals surface area contributed by atoms with E-state index >= 15 is 0 Å². The molecule has 0 aliphatic heterocycles. The average molecular weight is 374 g/mol. The number of carbonyl (C=O) groups is 2. The van der Waals surface area contributed by atoms with E-state index in [0.717, 1.165) is 11.1 Å². The minimum absolute atomic E-state index is 0.0322. The van der Waals surface area contributed by atoms with Gasteiger partial charge in [0.15, 0.2) is 6.54 Å². The van der Waals surface area contributed by atoms with E-state index in [2.05, 4.69) is 48.6 Å². The summed E-state index contributed by atoms with van der Waals surface area (Å²) in [7, 11) is 0. The largest absolute Gasteiger partial charge is 0.366 e. The molecule has 5 heteroatoms. The molecule has 0 bridgehead atoms. The van der Waals surface area contributed by atoms with Crippen molar-refractivity contribution >= 4 is 17.5 Å². The first-order valence-corrected chi connectivity index (χ1v) is 9.17. The Hall–Kier alpha value is -3.44. The van der Waals surface area contributed by atoms with Crippen LogP contribution >= 0.6 is 0 Å². The van der Waals surface area contributed by atoms with E-state index in [-0.39, 0.29) is 18.5 Å². The smallest absolute Gasteiger partial charge is 0.279 e. The van der Waals surface area contributed by atoms with Crippen molar-refractivity contribution in [3.63, 3.8) is 0 Å². The Kier molecular flexibility index (Phi) is 6.19. The zero-order chi connectivity index (χ0) is 19.9. The Morgan fingerprint density at radius 3 is 2.11 bits per heavy atom. The van der Waals surface area contributed by atoms with Crippen LogP contribution in [0.15, 0.2) is 78.9 Å². The summed E-state index contributed by atoms with van der Waals surface area (Å²) in [5.74, 6) is -0.602.